The lowest BCUT2D eigenvalue weighted by Crippen LogP contribution is -2.38. The summed E-state index contributed by atoms with van der Waals surface area (Å²) < 4.78 is 0. The van der Waals surface area contributed by atoms with E-state index in [0.717, 1.165) is 19.6 Å². The van der Waals surface area contributed by atoms with E-state index in [1.165, 1.54) is 18.9 Å². The zero-order valence-electron chi connectivity index (χ0n) is 11.6. The van der Waals surface area contributed by atoms with Crippen molar-refractivity contribution in [1.82, 2.24) is 10.2 Å². The molecule has 0 aromatic heterocycles. The average molecular weight is 298 g/mol. The second kappa shape index (κ2) is 7.02. The van der Waals surface area contributed by atoms with Gasteiger partial charge in [0, 0.05) is 25.2 Å². The smallest absolute Gasteiger partial charge is 0.275 e. The number of hydrogen-bond donors (Lipinski definition) is 1. The van der Waals surface area contributed by atoms with Crippen molar-refractivity contribution in [3.63, 3.8) is 0 Å². The molecule has 0 spiro atoms. The summed E-state index contributed by atoms with van der Waals surface area (Å²) in [6, 6.07) is 5.23. The summed E-state index contributed by atoms with van der Waals surface area (Å²) in [6.07, 6.45) is 2.53. The third-order valence-electron chi connectivity index (χ3n) is 3.80. The monoisotopic (exact) mass is 297 g/mol. The molecule has 0 amide bonds. The van der Waals surface area contributed by atoms with Gasteiger partial charge in [0.05, 0.1) is 15.5 Å². The molecule has 1 aromatic rings. The van der Waals surface area contributed by atoms with Gasteiger partial charge in [0.15, 0.2) is 0 Å². The summed E-state index contributed by atoms with van der Waals surface area (Å²) in [5, 5.41) is 14.7. The van der Waals surface area contributed by atoms with Gasteiger partial charge in [0.1, 0.15) is 0 Å². The summed E-state index contributed by atoms with van der Waals surface area (Å²) in [5.74, 6) is 0. The quantitative estimate of drug-likeness (QED) is 0.648. The highest BCUT2D eigenvalue weighted by atomic mass is 35.5. The van der Waals surface area contributed by atoms with E-state index in [1.807, 2.05) is 0 Å². The van der Waals surface area contributed by atoms with Crippen LogP contribution in [0.15, 0.2) is 18.2 Å². The van der Waals surface area contributed by atoms with Crippen LogP contribution in [0.5, 0.6) is 0 Å². The zero-order valence-corrected chi connectivity index (χ0v) is 12.4. The Labute approximate surface area is 124 Å². The Morgan fingerprint density at radius 2 is 2.15 bits per heavy atom. The van der Waals surface area contributed by atoms with Gasteiger partial charge in [-0.3, -0.25) is 15.0 Å². The van der Waals surface area contributed by atoms with Gasteiger partial charge in [0.25, 0.3) is 5.69 Å². The van der Waals surface area contributed by atoms with Crippen molar-refractivity contribution >= 4 is 17.3 Å². The standard InChI is InChI=1S/C14H20ClN3O2/c1-11(17-7-2-3-8-17)9-16-10-12-13(15)5-4-6-14(12)18(19)20/h4-6,11,16H,2-3,7-10H2,1H3. The first-order chi connectivity index (χ1) is 9.59. The van der Waals surface area contributed by atoms with Crippen LogP contribution < -0.4 is 5.32 Å². The number of halogens is 1. The molecule has 0 radical (unpaired) electrons. The maximum absolute atomic E-state index is 11.0. The summed E-state index contributed by atoms with van der Waals surface area (Å²) in [4.78, 5) is 13.0. The fourth-order valence-electron chi connectivity index (χ4n) is 2.61. The highest BCUT2D eigenvalue weighted by Gasteiger charge is 2.19. The molecule has 110 valence electrons. The van der Waals surface area contributed by atoms with Crippen LogP contribution in [0.3, 0.4) is 0 Å². The van der Waals surface area contributed by atoms with Crippen molar-refractivity contribution in [2.75, 3.05) is 19.6 Å². The number of hydrogen-bond acceptors (Lipinski definition) is 4. The normalized spacial score (nSPS) is 17.3. The summed E-state index contributed by atoms with van der Waals surface area (Å²) in [7, 11) is 0. The van der Waals surface area contributed by atoms with Crippen LogP contribution in [0.1, 0.15) is 25.3 Å². The average Bonchev–Trinajstić information content (AvgIpc) is 2.94. The van der Waals surface area contributed by atoms with Gasteiger partial charge in [-0.25, -0.2) is 0 Å². The van der Waals surface area contributed by atoms with E-state index in [4.69, 9.17) is 11.6 Å². The van der Waals surface area contributed by atoms with Gasteiger partial charge < -0.3 is 5.32 Å². The van der Waals surface area contributed by atoms with Crippen LogP contribution in [-0.4, -0.2) is 35.5 Å². The minimum Gasteiger partial charge on any atom is -0.311 e. The maximum atomic E-state index is 11.0. The number of nitro benzene ring substituents is 1. The summed E-state index contributed by atoms with van der Waals surface area (Å²) in [5.41, 5.74) is 0.645. The molecule has 1 aliphatic rings. The van der Waals surface area contributed by atoms with Crippen LogP contribution in [0.4, 0.5) is 5.69 Å². The second-order valence-electron chi connectivity index (χ2n) is 5.22. The van der Waals surface area contributed by atoms with Crippen molar-refractivity contribution < 1.29 is 4.92 Å². The summed E-state index contributed by atoms with van der Waals surface area (Å²) >= 11 is 6.06. The molecule has 0 bridgehead atoms. The number of nitro groups is 1. The Hall–Kier alpha value is -1.17. The fraction of sp³-hybridized carbons (Fsp3) is 0.571. The largest absolute Gasteiger partial charge is 0.311 e. The first-order valence-corrected chi connectivity index (χ1v) is 7.34. The number of likely N-dealkylation sites (tertiary alicyclic amines) is 1. The number of rotatable bonds is 6. The molecule has 1 fully saturated rings. The molecule has 1 saturated heterocycles. The topological polar surface area (TPSA) is 58.4 Å². The van der Waals surface area contributed by atoms with E-state index in [-0.39, 0.29) is 10.6 Å². The van der Waals surface area contributed by atoms with Crippen molar-refractivity contribution in [3.8, 4) is 0 Å². The van der Waals surface area contributed by atoms with Crippen molar-refractivity contribution in [2.45, 2.75) is 32.4 Å². The predicted octanol–water partition coefficient (Wildman–Crippen LogP) is 2.82. The van der Waals surface area contributed by atoms with Gasteiger partial charge in [0.2, 0.25) is 0 Å². The van der Waals surface area contributed by atoms with E-state index in [1.54, 1.807) is 12.1 Å². The number of nitrogens with zero attached hydrogens (tertiary/aromatic N) is 2. The Bertz CT molecular complexity index is 475. The van der Waals surface area contributed by atoms with Crippen LogP contribution in [0.2, 0.25) is 5.02 Å². The van der Waals surface area contributed by atoms with Crippen LogP contribution in [0.25, 0.3) is 0 Å². The predicted molar refractivity (Wildman–Crippen MR) is 80.1 cm³/mol. The fourth-order valence-corrected chi connectivity index (χ4v) is 2.85. The van der Waals surface area contributed by atoms with Crippen LogP contribution in [-0.2, 0) is 6.54 Å². The summed E-state index contributed by atoms with van der Waals surface area (Å²) in [6.45, 7) is 5.71. The van der Waals surface area contributed by atoms with Gasteiger partial charge in [-0.2, -0.15) is 0 Å². The molecular formula is C14H20ClN3O2. The van der Waals surface area contributed by atoms with E-state index in [0.29, 0.717) is 23.2 Å². The first-order valence-electron chi connectivity index (χ1n) is 6.96. The third-order valence-corrected chi connectivity index (χ3v) is 4.15. The minimum atomic E-state index is -0.382. The molecule has 2 rings (SSSR count). The molecule has 1 aromatic carbocycles. The van der Waals surface area contributed by atoms with Crippen molar-refractivity contribution in [1.29, 1.82) is 0 Å². The molecule has 1 unspecified atom stereocenters. The molecule has 6 heteroatoms. The van der Waals surface area contributed by atoms with E-state index >= 15 is 0 Å². The van der Waals surface area contributed by atoms with E-state index < -0.39 is 0 Å². The highest BCUT2D eigenvalue weighted by Crippen LogP contribution is 2.25. The minimum absolute atomic E-state index is 0.0822. The number of nitrogens with one attached hydrogen (secondary N) is 1. The Kier molecular flexibility index (Phi) is 5.34. The Balaban J connectivity index is 1.92. The third kappa shape index (κ3) is 3.69. The van der Waals surface area contributed by atoms with Crippen molar-refractivity contribution in [2.24, 2.45) is 0 Å². The highest BCUT2D eigenvalue weighted by molar-refractivity contribution is 6.31. The SMILES string of the molecule is CC(CNCc1c(Cl)cccc1[N+](=O)[O-])N1CCCC1. The molecule has 1 aliphatic heterocycles. The first kappa shape index (κ1) is 15.2. The lowest BCUT2D eigenvalue weighted by atomic mass is 10.1. The molecule has 5 nitrogen and oxygen atoms in total. The van der Waals surface area contributed by atoms with Crippen molar-refractivity contribution in [3.05, 3.63) is 38.9 Å². The molecule has 0 aliphatic carbocycles. The van der Waals surface area contributed by atoms with Gasteiger partial charge >= 0.3 is 0 Å². The molecular weight excluding hydrogens is 278 g/mol. The molecule has 1 N–H and O–H groups in total. The van der Waals surface area contributed by atoms with E-state index in [9.17, 15) is 10.1 Å². The van der Waals surface area contributed by atoms with E-state index in [2.05, 4.69) is 17.1 Å². The van der Waals surface area contributed by atoms with Crippen LogP contribution in [0, 0.1) is 10.1 Å². The number of benzene rings is 1. The van der Waals surface area contributed by atoms with Gasteiger partial charge in [-0.15, -0.1) is 0 Å². The molecule has 1 heterocycles. The molecule has 1 atom stereocenters. The van der Waals surface area contributed by atoms with Gasteiger partial charge in [-0.1, -0.05) is 17.7 Å². The van der Waals surface area contributed by atoms with Crippen LogP contribution >= 0.6 is 11.6 Å². The van der Waals surface area contributed by atoms with Gasteiger partial charge in [-0.05, 0) is 38.9 Å². The Morgan fingerprint density at radius 1 is 1.45 bits per heavy atom. The lowest BCUT2D eigenvalue weighted by molar-refractivity contribution is -0.385. The molecule has 0 saturated carbocycles. The lowest BCUT2D eigenvalue weighted by Gasteiger charge is -2.24. The Morgan fingerprint density at radius 3 is 2.80 bits per heavy atom. The maximum Gasteiger partial charge on any atom is 0.275 e. The second-order valence-corrected chi connectivity index (χ2v) is 5.62. The zero-order chi connectivity index (χ0) is 14.5. The molecule has 20 heavy (non-hydrogen) atoms.